The minimum absolute atomic E-state index is 0.476. The minimum Gasteiger partial charge on any atom is -0.344 e. The maximum Gasteiger partial charge on any atom is 0.416 e. The van der Waals surface area contributed by atoms with Gasteiger partial charge in [0.1, 0.15) is 5.82 Å². The summed E-state index contributed by atoms with van der Waals surface area (Å²) in [5, 5.41) is 3.01. The molecule has 118 valence electrons. The van der Waals surface area contributed by atoms with Gasteiger partial charge in [-0.3, -0.25) is 0 Å². The Kier molecular flexibility index (Phi) is 6.16. The number of hydrogen-bond donors (Lipinski definition) is 1. The summed E-state index contributed by atoms with van der Waals surface area (Å²) in [5.74, 6) is 0.609. The first-order valence-electron chi connectivity index (χ1n) is 6.71. The molecule has 0 heterocycles. The molecule has 0 fully saturated rings. The zero-order valence-electron chi connectivity index (χ0n) is 12.8. The van der Waals surface area contributed by atoms with Crippen LogP contribution in [0, 0.1) is 0 Å². The van der Waals surface area contributed by atoms with Crippen LogP contribution in [0.15, 0.2) is 59.0 Å². The first-order chi connectivity index (χ1) is 10.2. The molecular formula is C17H19F3N2. The fourth-order valence-corrected chi connectivity index (χ4v) is 1.68. The Labute approximate surface area is 128 Å². The van der Waals surface area contributed by atoms with Gasteiger partial charge in [-0.1, -0.05) is 30.9 Å². The van der Waals surface area contributed by atoms with E-state index in [9.17, 15) is 13.2 Å². The largest absolute Gasteiger partial charge is 0.416 e. The van der Waals surface area contributed by atoms with Gasteiger partial charge in [-0.15, -0.1) is 0 Å². The van der Waals surface area contributed by atoms with E-state index in [4.69, 9.17) is 0 Å². The fourth-order valence-electron chi connectivity index (χ4n) is 1.68. The van der Waals surface area contributed by atoms with Crippen molar-refractivity contribution >= 4 is 12.3 Å². The van der Waals surface area contributed by atoms with Crippen molar-refractivity contribution < 1.29 is 13.2 Å². The van der Waals surface area contributed by atoms with Gasteiger partial charge in [0, 0.05) is 11.9 Å². The van der Waals surface area contributed by atoms with Gasteiger partial charge in [-0.2, -0.15) is 13.2 Å². The highest BCUT2D eigenvalue weighted by Gasteiger charge is 2.30. The SMILES string of the molecule is C=C(C)N/C(N=CC)=C(C)/C=C/c1cccc(C(F)(F)F)c1. The zero-order chi connectivity index (χ0) is 16.8. The molecule has 0 aliphatic rings. The van der Waals surface area contributed by atoms with Gasteiger partial charge in [-0.25, -0.2) is 4.99 Å². The van der Waals surface area contributed by atoms with Gasteiger partial charge in [0.05, 0.1) is 5.56 Å². The van der Waals surface area contributed by atoms with Crippen LogP contribution in [0.5, 0.6) is 0 Å². The third-order valence-corrected chi connectivity index (χ3v) is 2.70. The van der Waals surface area contributed by atoms with Crippen molar-refractivity contribution in [1.82, 2.24) is 5.32 Å². The second kappa shape index (κ2) is 7.64. The Morgan fingerprint density at radius 2 is 1.95 bits per heavy atom. The summed E-state index contributed by atoms with van der Waals surface area (Å²) in [4.78, 5) is 4.18. The quantitative estimate of drug-likeness (QED) is 0.589. The van der Waals surface area contributed by atoms with E-state index in [1.807, 2.05) is 6.92 Å². The van der Waals surface area contributed by atoms with Crippen LogP contribution in [0.4, 0.5) is 13.2 Å². The van der Waals surface area contributed by atoms with Gasteiger partial charge >= 0.3 is 6.18 Å². The van der Waals surface area contributed by atoms with E-state index in [1.54, 1.807) is 38.3 Å². The number of alkyl halides is 3. The maximum atomic E-state index is 12.7. The molecule has 0 aliphatic heterocycles. The summed E-state index contributed by atoms with van der Waals surface area (Å²) in [5.41, 5.74) is 1.33. The third-order valence-electron chi connectivity index (χ3n) is 2.70. The lowest BCUT2D eigenvalue weighted by Gasteiger charge is -2.08. The maximum absolute atomic E-state index is 12.7. The molecule has 2 nitrogen and oxygen atoms in total. The molecule has 0 atom stereocenters. The van der Waals surface area contributed by atoms with E-state index in [-0.39, 0.29) is 0 Å². The molecule has 0 aromatic heterocycles. The number of rotatable bonds is 5. The first kappa shape index (κ1) is 17.8. The summed E-state index contributed by atoms with van der Waals surface area (Å²) in [6.07, 6.45) is 0.629. The lowest BCUT2D eigenvalue weighted by Crippen LogP contribution is -2.09. The standard InChI is InChI=1S/C17H19F3N2/c1-5-21-16(22-12(2)3)13(4)9-10-14-7-6-8-15(11-14)17(18,19)20/h5-11,22H,2H2,1,3-4H3/b10-9+,16-13+,21-5?. The van der Waals surface area contributed by atoms with Crippen molar-refractivity contribution in [2.45, 2.75) is 26.9 Å². The lowest BCUT2D eigenvalue weighted by molar-refractivity contribution is -0.137. The van der Waals surface area contributed by atoms with Crippen molar-refractivity contribution in [3.05, 3.63) is 65.1 Å². The topological polar surface area (TPSA) is 24.4 Å². The van der Waals surface area contributed by atoms with Crippen molar-refractivity contribution in [3.63, 3.8) is 0 Å². The van der Waals surface area contributed by atoms with E-state index in [2.05, 4.69) is 16.9 Å². The molecule has 0 saturated carbocycles. The molecule has 0 amide bonds. The van der Waals surface area contributed by atoms with Crippen LogP contribution in [0.1, 0.15) is 31.9 Å². The minimum atomic E-state index is -4.34. The van der Waals surface area contributed by atoms with E-state index in [0.717, 1.165) is 23.4 Å². The number of benzene rings is 1. The number of nitrogens with zero attached hydrogens (tertiary/aromatic N) is 1. The molecule has 1 rings (SSSR count). The number of hydrogen-bond acceptors (Lipinski definition) is 2. The smallest absolute Gasteiger partial charge is 0.344 e. The summed E-state index contributed by atoms with van der Waals surface area (Å²) in [6.45, 7) is 9.15. The molecule has 22 heavy (non-hydrogen) atoms. The van der Waals surface area contributed by atoms with Crippen LogP contribution in [-0.4, -0.2) is 6.21 Å². The van der Waals surface area contributed by atoms with Crippen molar-refractivity contribution in [2.75, 3.05) is 0 Å². The Morgan fingerprint density at radius 1 is 1.27 bits per heavy atom. The van der Waals surface area contributed by atoms with E-state index < -0.39 is 11.7 Å². The second-order valence-electron chi connectivity index (χ2n) is 4.78. The second-order valence-corrected chi connectivity index (χ2v) is 4.78. The van der Waals surface area contributed by atoms with Crippen LogP contribution in [-0.2, 0) is 6.18 Å². The Hall–Kier alpha value is -2.30. The fraction of sp³-hybridized carbons (Fsp3) is 0.235. The van der Waals surface area contributed by atoms with Crippen LogP contribution in [0.3, 0.4) is 0 Å². The van der Waals surface area contributed by atoms with E-state index >= 15 is 0 Å². The molecule has 1 aromatic carbocycles. The van der Waals surface area contributed by atoms with Gasteiger partial charge in [0.15, 0.2) is 0 Å². The molecule has 0 bridgehead atoms. The Balaban J connectivity index is 3.06. The highest BCUT2D eigenvalue weighted by Crippen LogP contribution is 2.29. The number of allylic oxidation sites excluding steroid dienone is 3. The Bertz CT molecular complexity index is 623. The molecule has 0 saturated heterocycles. The first-order valence-corrected chi connectivity index (χ1v) is 6.71. The summed E-state index contributed by atoms with van der Waals surface area (Å²) < 4.78 is 38.0. The summed E-state index contributed by atoms with van der Waals surface area (Å²) >= 11 is 0. The zero-order valence-corrected chi connectivity index (χ0v) is 12.8. The summed E-state index contributed by atoms with van der Waals surface area (Å²) in [7, 11) is 0. The number of aliphatic imine (C=N–C) groups is 1. The molecule has 1 N–H and O–H groups in total. The molecular weight excluding hydrogens is 289 g/mol. The van der Waals surface area contributed by atoms with Crippen molar-refractivity contribution in [3.8, 4) is 0 Å². The lowest BCUT2D eigenvalue weighted by atomic mass is 10.1. The summed E-state index contributed by atoms with van der Waals surface area (Å²) in [6, 6.07) is 5.17. The van der Waals surface area contributed by atoms with Crippen molar-refractivity contribution in [1.29, 1.82) is 0 Å². The Morgan fingerprint density at radius 3 is 2.50 bits per heavy atom. The van der Waals surface area contributed by atoms with Gasteiger partial charge in [0.25, 0.3) is 0 Å². The average Bonchev–Trinajstić information content (AvgIpc) is 2.43. The van der Waals surface area contributed by atoms with E-state index in [0.29, 0.717) is 11.4 Å². The molecule has 5 heteroatoms. The van der Waals surface area contributed by atoms with E-state index in [1.165, 1.54) is 6.07 Å². The normalized spacial score (nSPS) is 13.5. The molecule has 0 radical (unpaired) electrons. The van der Waals surface area contributed by atoms with Crippen LogP contribution in [0.25, 0.3) is 6.08 Å². The molecule has 0 spiro atoms. The highest BCUT2D eigenvalue weighted by molar-refractivity contribution is 5.58. The predicted octanol–water partition coefficient (Wildman–Crippen LogP) is 5.16. The van der Waals surface area contributed by atoms with Crippen LogP contribution >= 0.6 is 0 Å². The highest BCUT2D eigenvalue weighted by atomic mass is 19.4. The number of halogens is 3. The molecule has 1 aromatic rings. The van der Waals surface area contributed by atoms with Gasteiger partial charge in [-0.05, 0) is 44.0 Å². The van der Waals surface area contributed by atoms with Gasteiger partial charge < -0.3 is 5.32 Å². The van der Waals surface area contributed by atoms with Crippen LogP contribution < -0.4 is 5.32 Å². The molecule has 0 aliphatic carbocycles. The van der Waals surface area contributed by atoms with Crippen molar-refractivity contribution in [2.24, 2.45) is 4.99 Å². The molecule has 0 unspecified atom stereocenters. The number of nitrogens with one attached hydrogen (secondary N) is 1. The average molecular weight is 308 g/mol. The third kappa shape index (κ3) is 5.60. The van der Waals surface area contributed by atoms with Crippen LogP contribution in [0.2, 0.25) is 0 Å². The predicted molar refractivity (Wildman–Crippen MR) is 85.3 cm³/mol. The van der Waals surface area contributed by atoms with Gasteiger partial charge in [0.2, 0.25) is 0 Å². The monoisotopic (exact) mass is 308 g/mol.